The molecule has 0 fully saturated rings. The van der Waals surface area contributed by atoms with Crippen molar-refractivity contribution in [2.75, 3.05) is 10.6 Å². The second-order valence-electron chi connectivity index (χ2n) is 5.24. The van der Waals surface area contributed by atoms with Gasteiger partial charge in [-0.1, -0.05) is 36.7 Å². The zero-order valence-electron chi connectivity index (χ0n) is 13.6. The Morgan fingerprint density at radius 3 is 2.58 bits per heavy atom. The highest BCUT2D eigenvalue weighted by atomic mass is 35.5. The van der Waals surface area contributed by atoms with Crippen molar-refractivity contribution in [3.63, 3.8) is 0 Å². The predicted octanol–water partition coefficient (Wildman–Crippen LogP) is 4.67. The average Bonchev–Trinajstić information content (AvgIpc) is 2.58. The van der Waals surface area contributed by atoms with E-state index in [-0.39, 0.29) is 5.57 Å². The van der Waals surface area contributed by atoms with Gasteiger partial charge in [-0.15, -0.1) is 0 Å². The maximum absolute atomic E-state index is 12.2. The first-order chi connectivity index (χ1) is 11.5. The molecule has 0 radical (unpaired) electrons. The molecule has 122 valence electrons. The van der Waals surface area contributed by atoms with E-state index in [0.29, 0.717) is 10.7 Å². The van der Waals surface area contributed by atoms with Crippen molar-refractivity contribution < 1.29 is 4.79 Å². The number of nitrogens with zero attached hydrogens (tertiary/aromatic N) is 1. The van der Waals surface area contributed by atoms with Crippen LogP contribution in [0, 0.1) is 18.3 Å². The van der Waals surface area contributed by atoms with Gasteiger partial charge in [-0.2, -0.15) is 5.26 Å². The fourth-order valence-corrected chi connectivity index (χ4v) is 2.38. The Morgan fingerprint density at radius 2 is 1.96 bits per heavy atom. The highest BCUT2D eigenvalue weighted by Crippen LogP contribution is 2.21. The van der Waals surface area contributed by atoms with Crippen LogP contribution in [0.1, 0.15) is 18.1 Å². The van der Waals surface area contributed by atoms with E-state index < -0.39 is 5.91 Å². The summed E-state index contributed by atoms with van der Waals surface area (Å²) in [4.78, 5) is 12.2. The molecule has 5 heteroatoms. The van der Waals surface area contributed by atoms with Gasteiger partial charge < -0.3 is 10.6 Å². The molecule has 0 unspecified atom stereocenters. The first-order valence-corrected chi connectivity index (χ1v) is 7.95. The van der Waals surface area contributed by atoms with Gasteiger partial charge in [-0.3, -0.25) is 4.79 Å². The van der Waals surface area contributed by atoms with Crippen molar-refractivity contribution in [1.29, 1.82) is 5.26 Å². The molecule has 2 rings (SSSR count). The van der Waals surface area contributed by atoms with Crippen LogP contribution in [0.25, 0.3) is 0 Å². The van der Waals surface area contributed by atoms with Crippen LogP contribution in [-0.2, 0) is 11.2 Å². The standard InChI is InChI=1S/C19H18ClN3O/c1-3-14-6-4-5-13(2)18(14)22-12-15(11-21)19(24)23-17-9-7-16(20)8-10-17/h4-10,12,22H,3H2,1-2H3,(H,23,24)/b15-12-. The van der Waals surface area contributed by atoms with Crippen LogP contribution < -0.4 is 10.6 Å². The average molecular weight is 340 g/mol. The SMILES string of the molecule is CCc1cccc(C)c1N/C=C(/C#N)C(=O)Nc1ccc(Cl)cc1. The van der Waals surface area contributed by atoms with Crippen molar-refractivity contribution in [2.45, 2.75) is 20.3 Å². The Hall–Kier alpha value is -2.77. The minimum Gasteiger partial charge on any atom is -0.360 e. The number of rotatable bonds is 5. The third-order valence-corrected chi connectivity index (χ3v) is 3.82. The Balaban J connectivity index is 2.16. The van der Waals surface area contributed by atoms with E-state index in [0.717, 1.165) is 23.2 Å². The number of aryl methyl sites for hydroxylation is 2. The van der Waals surface area contributed by atoms with Crippen LogP contribution in [0.15, 0.2) is 54.2 Å². The maximum atomic E-state index is 12.2. The Labute approximate surface area is 146 Å². The summed E-state index contributed by atoms with van der Waals surface area (Å²) in [6, 6.07) is 14.6. The van der Waals surface area contributed by atoms with Gasteiger partial charge in [0.1, 0.15) is 11.6 Å². The number of carbonyl (C=O) groups is 1. The number of nitriles is 1. The van der Waals surface area contributed by atoms with Crippen LogP contribution in [0.4, 0.5) is 11.4 Å². The van der Waals surface area contributed by atoms with E-state index in [9.17, 15) is 10.1 Å². The van der Waals surface area contributed by atoms with E-state index in [2.05, 4.69) is 17.6 Å². The molecule has 2 aromatic rings. The molecular weight excluding hydrogens is 322 g/mol. The minimum absolute atomic E-state index is 0.00439. The normalized spacial score (nSPS) is 10.8. The zero-order valence-corrected chi connectivity index (χ0v) is 14.3. The molecule has 0 saturated heterocycles. The molecule has 0 aliphatic heterocycles. The van der Waals surface area contributed by atoms with Crippen LogP contribution >= 0.6 is 11.6 Å². The molecule has 0 saturated carbocycles. The topological polar surface area (TPSA) is 64.9 Å². The predicted molar refractivity (Wildman–Crippen MR) is 98.0 cm³/mol. The van der Waals surface area contributed by atoms with Gasteiger partial charge in [0.15, 0.2) is 0 Å². The number of nitrogens with one attached hydrogen (secondary N) is 2. The second-order valence-corrected chi connectivity index (χ2v) is 5.67. The van der Waals surface area contributed by atoms with Crippen molar-refractivity contribution in [3.8, 4) is 6.07 Å². The summed E-state index contributed by atoms with van der Waals surface area (Å²) < 4.78 is 0. The van der Waals surface area contributed by atoms with Gasteiger partial charge in [0.05, 0.1) is 0 Å². The lowest BCUT2D eigenvalue weighted by molar-refractivity contribution is -0.112. The molecular formula is C19H18ClN3O. The molecule has 0 spiro atoms. The number of benzene rings is 2. The quantitative estimate of drug-likeness (QED) is 0.614. The largest absolute Gasteiger partial charge is 0.360 e. The summed E-state index contributed by atoms with van der Waals surface area (Å²) >= 11 is 5.81. The van der Waals surface area contributed by atoms with Crippen LogP contribution in [0.3, 0.4) is 0 Å². The first kappa shape index (κ1) is 17.6. The fraction of sp³-hybridized carbons (Fsp3) is 0.158. The Morgan fingerprint density at radius 1 is 1.25 bits per heavy atom. The minimum atomic E-state index is -0.473. The molecule has 0 aromatic heterocycles. The smallest absolute Gasteiger partial charge is 0.267 e. The third-order valence-electron chi connectivity index (χ3n) is 3.57. The molecule has 1 amide bonds. The maximum Gasteiger partial charge on any atom is 0.267 e. The van der Waals surface area contributed by atoms with Crippen LogP contribution in [0.5, 0.6) is 0 Å². The summed E-state index contributed by atoms with van der Waals surface area (Å²) in [5.41, 5.74) is 3.68. The van der Waals surface area contributed by atoms with Gasteiger partial charge >= 0.3 is 0 Å². The summed E-state index contributed by atoms with van der Waals surface area (Å²) in [5.74, 6) is -0.473. The molecule has 2 aromatic carbocycles. The van der Waals surface area contributed by atoms with Crippen molar-refractivity contribution >= 4 is 28.9 Å². The highest BCUT2D eigenvalue weighted by molar-refractivity contribution is 6.30. The van der Waals surface area contributed by atoms with Gasteiger partial charge in [-0.05, 0) is 48.7 Å². The van der Waals surface area contributed by atoms with Gasteiger partial charge in [-0.25, -0.2) is 0 Å². The molecule has 0 aliphatic carbocycles. The monoisotopic (exact) mass is 339 g/mol. The molecule has 0 atom stereocenters. The third kappa shape index (κ3) is 4.37. The van der Waals surface area contributed by atoms with E-state index in [1.807, 2.05) is 31.2 Å². The van der Waals surface area contributed by atoms with E-state index in [4.69, 9.17) is 11.6 Å². The second kappa shape index (κ2) is 8.19. The lowest BCUT2D eigenvalue weighted by Crippen LogP contribution is -2.14. The molecule has 4 nitrogen and oxygen atoms in total. The van der Waals surface area contributed by atoms with Crippen molar-refractivity contribution in [2.24, 2.45) is 0 Å². The fourth-order valence-electron chi connectivity index (χ4n) is 2.25. The van der Waals surface area contributed by atoms with Gasteiger partial charge in [0.2, 0.25) is 0 Å². The van der Waals surface area contributed by atoms with Crippen LogP contribution in [0.2, 0.25) is 5.02 Å². The van der Waals surface area contributed by atoms with Crippen molar-refractivity contribution in [3.05, 3.63) is 70.4 Å². The summed E-state index contributed by atoms with van der Waals surface area (Å²) in [6.45, 7) is 4.04. The summed E-state index contributed by atoms with van der Waals surface area (Å²) in [5, 5.41) is 15.6. The van der Waals surface area contributed by atoms with E-state index >= 15 is 0 Å². The molecule has 0 aliphatic rings. The van der Waals surface area contributed by atoms with E-state index in [1.165, 1.54) is 6.20 Å². The lowest BCUT2D eigenvalue weighted by Gasteiger charge is -2.11. The summed E-state index contributed by atoms with van der Waals surface area (Å²) in [6.07, 6.45) is 2.30. The number of carbonyl (C=O) groups excluding carboxylic acids is 1. The van der Waals surface area contributed by atoms with Crippen molar-refractivity contribution in [1.82, 2.24) is 0 Å². The van der Waals surface area contributed by atoms with E-state index in [1.54, 1.807) is 24.3 Å². The lowest BCUT2D eigenvalue weighted by atomic mass is 10.1. The number of anilines is 2. The number of halogens is 1. The van der Waals surface area contributed by atoms with Gasteiger partial charge in [0.25, 0.3) is 5.91 Å². The number of hydrogen-bond acceptors (Lipinski definition) is 3. The van der Waals surface area contributed by atoms with Gasteiger partial charge in [0, 0.05) is 22.6 Å². The summed E-state index contributed by atoms with van der Waals surface area (Å²) in [7, 11) is 0. The first-order valence-electron chi connectivity index (χ1n) is 7.57. The molecule has 0 heterocycles. The number of para-hydroxylation sites is 1. The molecule has 24 heavy (non-hydrogen) atoms. The van der Waals surface area contributed by atoms with Crippen LogP contribution in [-0.4, -0.2) is 5.91 Å². The Bertz CT molecular complexity index is 804. The number of amides is 1. The number of hydrogen-bond donors (Lipinski definition) is 2. The highest BCUT2D eigenvalue weighted by Gasteiger charge is 2.10. The molecule has 0 bridgehead atoms. The Kier molecular flexibility index (Phi) is 6.00. The molecule has 2 N–H and O–H groups in total. The zero-order chi connectivity index (χ0) is 17.5.